The van der Waals surface area contributed by atoms with Gasteiger partial charge in [0.25, 0.3) is 0 Å². The summed E-state index contributed by atoms with van der Waals surface area (Å²) in [5, 5.41) is 0.792. The highest BCUT2D eigenvalue weighted by Gasteiger charge is 2.25. The summed E-state index contributed by atoms with van der Waals surface area (Å²) in [6.45, 7) is 6.93. The summed E-state index contributed by atoms with van der Waals surface area (Å²) >= 11 is 0. The first kappa shape index (κ1) is 18.4. The first-order valence-corrected chi connectivity index (χ1v) is 9.06. The van der Waals surface area contributed by atoms with Gasteiger partial charge in [-0.3, -0.25) is 4.98 Å². The highest BCUT2D eigenvalue weighted by Crippen LogP contribution is 2.30. The molecule has 138 valence electrons. The number of rotatable bonds is 3. The van der Waals surface area contributed by atoms with Crippen molar-refractivity contribution in [3.8, 4) is 0 Å². The van der Waals surface area contributed by atoms with Crippen LogP contribution in [0, 0.1) is 6.92 Å². The fraction of sp³-hybridized carbons (Fsp3) is 0.476. The molecule has 0 bridgehead atoms. The number of carbonyl (C=O) groups is 2. The fourth-order valence-corrected chi connectivity index (χ4v) is 3.34. The summed E-state index contributed by atoms with van der Waals surface area (Å²) in [4.78, 5) is 29.5. The molecule has 1 heterocycles. The molecule has 5 nitrogen and oxygen atoms in total. The SMILES string of the molecule is Cc1ccc2nc3c(c(C(=O)OCC(=O)OC(C)(C)C)c2c1)CCCC3. The van der Waals surface area contributed by atoms with Crippen molar-refractivity contribution in [3.63, 3.8) is 0 Å². The average molecular weight is 355 g/mol. The van der Waals surface area contributed by atoms with E-state index in [9.17, 15) is 9.59 Å². The van der Waals surface area contributed by atoms with Crippen LogP contribution in [0.25, 0.3) is 10.9 Å². The largest absolute Gasteiger partial charge is 0.457 e. The van der Waals surface area contributed by atoms with E-state index in [1.165, 1.54) is 0 Å². The zero-order chi connectivity index (χ0) is 18.9. The van der Waals surface area contributed by atoms with Gasteiger partial charge in [0.2, 0.25) is 0 Å². The van der Waals surface area contributed by atoms with Crippen LogP contribution in [0.5, 0.6) is 0 Å². The van der Waals surface area contributed by atoms with Gasteiger partial charge in [0.05, 0.1) is 11.1 Å². The summed E-state index contributed by atoms with van der Waals surface area (Å²) in [6, 6.07) is 5.88. The second-order valence-corrected chi connectivity index (χ2v) is 7.80. The lowest BCUT2D eigenvalue weighted by Gasteiger charge is -2.21. The molecule has 0 spiro atoms. The Hall–Kier alpha value is -2.43. The maximum absolute atomic E-state index is 12.9. The van der Waals surface area contributed by atoms with Crippen molar-refractivity contribution in [1.82, 2.24) is 4.98 Å². The Morgan fingerprint density at radius 3 is 2.62 bits per heavy atom. The van der Waals surface area contributed by atoms with Gasteiger partial charge in [0, 0.05) is 11.1 Å². The molecule has 26 heavy (non-hydrogen) atoms. The summed E-state index contributed by atoms with van der Waals surface area (Å²) in [7, 11) is 0. The number of pyridine rings is 1. The second-order valence-electron chi connectivity index (χ2n) is 7.80. The van der Waals surface area contributed by atoms with E-state index in [-0.39, 0.29) is 6.61 Å². The number of benzene rings is 1. The van der Waals surface area contributed by atoms with Crippen molar-refractivity contribution in [2.75, 3.05) is 6.61 Å². The molecule has 3 rings (SSSR count). The van der Waals surface area contributed by atoms with Crippen LogP contribution in [-0.2, 0) is 27.1 Å². The number of nitrogens with zero attached hydrogens (tertiary/aromatic N) is 1. The Bertz CT molecular complexity index is 864. The van der Waals surface area contributed by atoms with Gasteiger partial charge >= 0.3 is 11.9 Å². The van der Waals surface area contributed by atoms with E-state index in [2.05, 4.69) is 0 Å². The summed E-state index contributed by atoms with van der Waals surface area (Å²) in [5.74, 6) is -1.03. The molecule has 0 aliphatic heterocycles. The molecule has 0 radical (unpaired) electrons. The zero-order valence-corrected chi connectivity index (χ0v) is 15.8. The van der Waals surface area contributed by atoms with Crippen LogP contribution in [0.4, 0.5) is 0 Å². The van der Waals surface area contributed by atoms with Gasteiger partial charge in [-0.2, -0.15) is 0 Å². The minimum absolute atomic E-state index is 0.388. The monoisotopic (exact) mass is 355 g/mol. The van der Waals surface area contributed by atoms with Crippen molar-refractivity contribution < 1.29 is 19.1 Å². The number of esters is 2. The third-order valence-corrected chi connectivity index (χ3v) is 4.36. The van der Waals surface area contributed by atoms with Crippen molar-refractivity contribution in [3.05, 3.63) is 40.6 Å². The summed E-state index contributed by atoms with van der Waals surface area (Å²) in [5.41, 5.74) is 3.72. The van der Waals surface area contributed by atoms with E-state index in [0.717, 1.165) is 53.4 Å². The molecule has 0 atom stereocenters. The minimum atomic E-state index is -0.608. The highest BCUT2D eigenvalue weighted by molar-refractivity contribution is 6.05. The van der Waals surface area contributed by atoms with E-state index in [1.807, 2.05) is 25.1 Å². The Labute approximate surface area is 153 Å². The predicted molar refractivity (Wildman–Crippen MR) is 99.2 cm³/mol. The molecule has 1 aromatic heterocycles. The van der Waals surface area contributed by atoms with E-state index in [0.29, 0.717) is 5.56 Å². The Morgan fingerprint density at radius 1 is 1.15 bits per heavy atom. The molecule has 0 unspecified atom stereocenters. The average Bonchev–Trinajstić information content (AvgIpc) is 2.56. The van der Waals surface area contributed by atoms with Gasteiger partial charge in [-0.25, -0.2) is 9.59 Å². The van der Waals surface area contributed by atoms with Crippen LogP contribution in [0.2, 0.25) is 0 Å². The van der Waals surface area contributed by atoms with Crippen LogP contribution in [0.1, 0.15) is 60.8 Å². The molecule has 2 aromatic rings. The molecular weight excluding hydrogens is 330 g/mol. The van der Waals surface area contributed by atoms with E-state index in [1.54, 1.807) is 20.8 Å². The lowest BCUT2D eigenvalue weighted by molar-refractivity contribution is -0.158. The minimum Gasteiger partial charge on any atom is -0.457 e. The highest BCUT2D eigenvalue weighted by atomic mass is 16.6. The fourth-order valence-electron chi connectivity index (χ4n) is 3.34. The van der Waals surface area contributed by atoms with Gasteiger partial charge in [0.15, 0.2) is 6.61 Å². The normalized spacial score (nSPS) is 14.0. The van der Waals surface area contributed by atoms with Crippen LogP contribution in [0.15, 0.2) is 18.2 Å². The van der Waals surface area contributed by atoms with Crippen molar-refractivity contribution >= 4 is 22.8 Å². The smallest absolute Gasteiger partial charge is 0.344 e. The number of hydrogen-bond donors (Lipinski definition) is 0. The third kappa shape index (κ3) is 4.03. The van der Waals surface area contributed by atoms with E-state index in [4.69, 9.17) is 14.5 Å². The van der Waals surface area contributed by atoms with Gasteiger partial charge in [-0.05, 0) is 71.1 Å². The maximum Gasteiger partial charge on any atom is 0.344 e. The van der Waals surface area contributed by atoms with Crippen molar-refractivity contribution in [1.29, 1.82) is 0 Å². The van der Waals surface area contributed by atoms with Crippen LogP contribution in [0.3, 0.4) is 0 Å². The third-order valence-electron chi connectivity index (χ3n) is 4.36. The zero-order valence-electron chi connectivity index (χ0n) is 15.8. The van der Waals surface area contributed by atoms with Gasteiger partial charge < -0.3 is 9.47 Å². The number of aryl methyl sites for hydroxylation is 2. The molecule has 5 heteroatoms. The molecule has 0 amide bonds. The number of hydrogen-bond acceptors (Lipinski definition) is 5. The molecule has 1 aliphatic rings. The van der Waals surface area contributed by atoms with Gasteiger partial charge in [-0.15, -0.1) is 0 Å². The second kappa shape index (κ2) is 7.06. The molecule has 1 aliphatic carbocycles. The summed E-state index contributed by atoms with van der Waals surface area (Å²) < 4.78 is 10.5. The van der Waals surface area contributed by atoms with Crippen molar-refractivity contribution in [2.45, 2.75) is 59.0 Å². The van der Waals surface area contributed by atoms with Crippen molar-refractivity contribution in [2.24, 2.45) is 0 Å². The predicted octanol–water partition coefficient (Wildman–Crippen LogP) is 3.92. The lowest BCUT2D eigenvalue weighted by Crippen LogP contribution is -2.27. The number of carbonyl (C=O) groups excluding carboxylic acids is 2. The Kier molecular flexibility index (Phi) is 4.99. The Morgan fingerprint density at radius 2 is 1.88 bits per heavy atom. The molecular formula is C21H25NO4. The topological polar surface area (TPSA) is 65.5 Å². The quantitative estimate of drug-likeness (QED) is 0.781. The number of ether oxygens (including phenoxy) is 2. The standard InChI is InChI=1S/C21H25NO4/c1-13-9-10-17-15(11-13)19(14-7-5-6-8-16(14)22-17)20(24)25-12-18(23)26-21(2,3)4/h9-11H,5-8,12H2,1-4H3. The van der Waals surface area contributed by atoms with E-state index >= 15 is 0 Å². The first-order valence-electron chi connectivity index (χ1n) is 9.06. The lowest BCUT2D eigenvalue weighted by atomic mass is 9.89. The molecule has 0 saturated carbocycles. The van der Waals surface area contributed by atoms with Gasteiger partial charge in [0.1, 0.15) is 5.60 Å². The van der Waals surface area contributed by atoms with Crippen LogP contribution in [-0.4, -0.2) is 29.1 Å². The molecule has 0 N–H and O–H groups in total. The summed E-state index contributed by atoms with van der Waals surface area (Å²) in [6.07, 6.45) is 3.77. The van der Waals surface area contributed by atoms with Crippen LogP contribution < -0.4 is 0 Å². The number of aromatic nitrogens is 1. The molecule has 0 saturated heterocycles. The Balaban J connectivity index is 1.93. The van der Waals surface area contributed by atoms with E-state index < -0.39 is 17.5 Å². The maximum atomic E-state index is 12.9. The number of fused-ring (bicyclic) bond motifs is 2. The molecule has 1 aromatic carbocycles. The molecule has 0 fully saturated rings. The first-order chi connectivity index (χ1) is 12.2. The van der Waals surface area contributed by atoms with Gasteiger partial charge in [-0.1, -0.05) is 11.6 Å². The van der Waals surface area contributed by atoms with Crippen LogP contribution >= 0.6 is 0 Å².